The van der Waals surface area contributed by atoms with Crippen LogP contribution in [-0.2, 0) is 4.79 Å². The summed E-state index contributed by atoms with van der Waals surface area (Å²) in [5, 5.41) is 7.94. The molecule has 1 aromatic rings. The SMILES string of the molecule is CC1S/C(=N\Nc2ccc(Cl)cc2)NC1=O. The van der Waals surface area contributed by atoms with Gasteiger partial charge in [-0.1, -0.05) is 23.4 Å². The quantitative estimate of drug-likeness (QED) is 0.797. The lowest BCUT2D eigenvalue weighted by Gasteiger charge is -2.00. The molecule has 2 rings (SSSR count). The Kier molecular flexibility index (Phi) is 3.36. The molecule has 1 heterocycles. The zero-order valence-electron chi connectivity index (χ0n) is 8.53. The van der Waals surface area contributed by atoms with Crippen LogP contribution in [0, 0.1) is 0 Å². The summed E-state index contributed by atoms with van der Waals surface area (Å²) in [7, 11) is 0. The third-order valence-corrected chi connectivity index (χ3v) is 3.25. The molecule has 1 amide bonds. The maximum atomic E-state index is 11.2. The monoisotopic (exact) mass is 255 g/mol. The van der Waals surface area contributed by atoms with E-state index in [0.717, 1.165) is 5.69 Å². The van der Waals surface area contributed by atoms with E-state index >= 15 is 0 Å². The van der Waals surface area contributed by atoms with Crippen molar-refractivity contribution in [1.82, 2.24) is 5.32 Å². The van der Waals surface area contributed by atoms with Crippen molar-refractivity contribution in [3.63, 3.8) is 0 Å². The summed E-state index contributed by atoms with van der Waals surface area (Å²) >= 11 is 7.15. The predicted octanol–water partition coefficient (Wildman–Crippen LogP) is 2.27. The minimum Gasteiger partial charge on any atom is -0.303 e. The summed E-state index contributed by atoms with van der Waals surface area (Å²) in [6.45, 7) is 1.84. The van der Waals surface area contributed by atoms with Crippen molar-refractivity contribution in [2.75, 3.05) is 5.43 Å². The topological polar surface area (TPSA) is 53.5 Å². The Morgan fingerprint density at radius 2 is 2.12 bits per heavy atom. The van der Waals surface area contributed by atoms with Crippen molar-refractivity contribution in [2.24, 2.45) is 5.10 Å². The summed E-state index contributed by atoms with van der Waals surface area (Å²) in [5.74, 6) is -0.0124. The van der Waals surface area contributed by atoms with E-state index in [0.29, 0.717) is 10.2 Å². The van der Waals surface area contributed by atoms with Gasteiger partial charge in [0.15, 0.2) is 5.17 Å². The second kappa shape index (κ2) is 4.76. The molecular formula is C10H10ClN3OS. The molecule has 1 saturated heterocycles. The Bertz CT molecular complexity index is 432. The first-order valence-corrected chi connectivity index (χ1v) is 5.98. The van der Waals surface area contributed by atoms with E-state index in [1.165, 1.54) is 11.8 Å². The number of halogens is 1. The smallest absolute Gasteiger partial charge is 0.239 e. The van der Waals surface area contributed by atoms with Crippen LogP contribution in [0.15, 0.2) is 29.4 Å². The summed E-state index contributed by atoms with van der Waals surface area (Å²) < 4.78 is 0. The van der Waals surface area contributed by atoms with Crippen LogP contribution in [0.2, 0.25) is 5.02 Å². The number of carbonyl (C=O) groups is 1. The molecule has 0 spiro atoms. The lowest BCUT2D eigenvalue weighted by atomic mass is 10.3. The van der Waals surface area contributed by atoms with Crippen LogP contribution in [0.25, 0.3) is 0 Å². The third-order valence-electron chi connectivity index (χ3n) is 2.02. The average Bonchev–Trinajstić information content (AvgIpc) is 2.58. The molecule has 1 aromatic carbocycles. The van der Waals surface area contributed by atoms with Gasteiger partial charge in [-0.3, -0.25) is 10.2 Å². The molecule has 0 bridgehead atoms. The van der Waals surface area contributed by atoms with Gasteiger partial charge in [0.1, 0.15) is 0 Å². The normalized spacial score (nSPS) is 22.2. The summed E-state index contributed by atoms with van der Waals surface area (Å²) in [6.07, 6.45) is 0. The molecule has 1 atom stereocenters. The number of nitrogens with zero attached hydrogens (tertiary/aromatic N) is 1. The molecular weight excluding hydrogens is 246 g/mol. The highest BCUT2D eigenvalue weighted by Crippen LogP contribution is 2.19. The highest BCUT2D eigenvalue weighted by atomic mass is 35.5. The van der Waals surface area contributed by atoms with Crippen LogP contribution in [0.3, 0.4) is 0 Å². The van der Waals surface area contributed by atoms with Crippen LogP contribution in [-0.4, -0.2) is 16.3 Å². The molecule has 6 heteroatoms. The van der Waals surface area contributed by atoms with Crippen molar-refractivity contribution in [1.29, 1.82) is 0 Å². The Balaban J connectivity index is 1.99. The average molecular weight is 256 g/mol. The fourth-order valence-corrected chi connectivity index (χ4v) is 2.04. The van der Waals surface area contributed by atoms with Gasteiger partial charge in [0.05, 0.1) is 10.9 Å². The molecule has 1 unspecified atom stereocenters. The number of hydrazone groups is 1. The van der Waals surface area contributed by atoms with Crippen molar-refractivity contribution in [3.8, 4) is 0 Å². The van der Waals surface area contributed by atoms with Gasteiger partial charge in [-0.05, 0) is 31.2 Å². The van der Waals surface area contributed by atoms with Gasteiger partial charge >= 0.3 is 0 Å². The van der Waals surface area contributed by atoms with E-state index in [9.17, 15) is 4.79 Å². The second-order valence-electron chi connectivity index (χ2n) is 3.28. The summed E-state index contributed by atoms with van der Waals surface area (Å²) in [4.78, 5) is 11.2. The lowest BCUT2D eigenvalue weighted by Crippen LogP contribution is -2.23. The number of anilines is 1. The zero-order chi connectivity index (χ0) is 11.5. The first kappa shape index (κ1) is 11.3. The summed E-state index contributed by atoms with van der Waals surface area (Å²) in [5.41, 5.74) is 3.67. The Morgan fingerprint density at radius 3 is 2.69 bits per heavy atom. The van der Waals surface area contributed by atoms with E-state index < -0.39 is 0 Å². The van der Waals surface area contributed by atoms with E-state index in [1.54, 1.807) is 12.1 Å². The molecule has 4 nitrogen and oxygen atoms in total. The molecule has 0 radical (unpaired) electrons. The molecule has 1 aliphatic heterocycles. The highest BCUT2D eigenvalue weighted by Gasteiger charge is 2.25. The maximum absolute atomic E-state index is 11.2. The van der Waals surface area contributed by atoms with E-state index in [2.05, 4.69) is 15.8 Å². The number of benzene rings is 1. The Labute approximate surface area is 102 Å². The van der Waals surface area contributed by atoms with Crippen LogP contribution in [0.1, 0.15) is 6.92 Å². The number of carbonyl (C=O) groups excluding carboxylic acids is 1. The maximum Gasteiger partial charge on any atom is 0.239 e. The first-order valence-electron chi connectivity index (χ1n) is 4.72. The molecule has 0 aromatic heterocycles. The summed E-state index contributed by atoms with van der Waals surface area (Å²) in [6, 6.07) is 7.18. The van der Waals surface area contributed by atoms with Crippen molar-refractivity contribution in [3.05, 3.63) is 29.3 Å². The zero-order valence-corrected chi connectivity index (χ0v) is 10.1. The molecule has 0 saturated carbocycles. The minimum absolute atomic E-state index is 0.0124. The van der Waals surface area contributed by atoms with Crippen molar-refractivity contribution >= 4 is 40.1 Å². The molecule has 84 valence electrons. The van der Waals surface area contributed by atoms with Crippen LogP contribution in [0.5, 0.6) is 0 Å². The highest BCUT2D eigenvalue weighted by molar-refractivity contribution is 8.15. The Hall–Kier alpha value is -1.20. The fraction of sp³-hybridized carbons (Fsp3) is 0.200. The fourth-order valence-electron chi connectivity index (χ4n) is 1.15. The van der Waals surface area contributed by atoms with Gasteiger partial charge in [-0.25, -0.2) is 0 Å². The standard InChI is InChI=1S/C10H10ClN3OS/c1-6-9(15)12-10(16-6)14-13-8-4-2-7(11)3-5-8/h2-6,13H,1H3,(H,12,14,15). The third kappa shape index (κ3) is 2.68. The van der Waals surface area contributed by atoms with E-state index in [1.807, 2.05) is 19.1 Å². The number of hydrogen-bond acceptors (Lipinski definition) is 4. The number of rotatable bonds is 2. The molecule has 0 aliphatic carbocycles. The molecule has 16 heavy (non-hydrogen) atoms. The van der Waals surface area contributed by atoms with Gasteiger partial charge in [0.2, 0.25) is 5.91 Å². The van der Waals surface area contributed by atoms with Gasteiger partial charge in [0.25, 0.3) is 0 Å². The lowest BCUT2D eigenvalue weighted by molar-refractivity contribution is -0.118. The number of nitrogens with one attached hydrogen (secondary N) is 2. The second-order valence-corrected chi connectivity index (χ2v) is 5.05. The molecule has 1 fully saturated rings. The van der Waals surface area contributed by atoms with Crippen molar-refractivity contribution in [2.45, 2.75) is 12.2 Å². The molecule has 2 N–H and O–H groups in total. The van der Waals surface area contributed by atoms with E-state index in [4.69, 9.17) is 11.6 Å². The first-order chi connectivity index (χ1) is 7.65. The number of hydrogen-bond donors (Lipinski definition) is 2. The largest absolute Gasteiger partial charge is 0.303 e. The predicted molar refractivity (Wildman–Crippen MR) is 67.7 cm³/mol. The van der Waals surface area contributed by atoms with Crippen LogP contribution >= 0.6 is 23.4 Å². The minimum atomic E-state index is -0.0780. The number of amides is 1. The van der Waals surface area contributed by atoms with E-state index in [-0.39, 0.29) is 11.2 Å². The molecule has 1 aliphatic rings. The van der Waals surface area contributed by atoms with Crippen molar-refractivity contribution < 1.29 is 4.79 Å². The van der Waals surface area contributed by atoms with Gasteiger partial charge in [-0.2, -0.15) is 0 Å². The number of amidine groups is 1. The van der Waals surface area contributed by atoms with Gasteiger partial charge in [0, 0.05) is 5.02 Å². The van der Waals surface area contributed by atoms with Crippen LogP contribution in [0.4, 0.5) is 5.69 Å². The van der Waals surface area contributed by atoms with Crippen LogP contribution < -0.4 is 10.7 Å². The van der Waals surface area contributed by atoms with Gasteiger partial charge < -0.3 is 5.32 Å². The Morgan fingerprint density at radius 1 is 1.44 bits per heavy atom. The van der Waals surface area contributed by atoms with Gasteiger partial charge in [-0.15, -0.1) is 5.10 Å². The number of thioether (sulfide) groups is 1.